The van der Waals surface area contributed by atoms with Crippen molar-refractivity contribution in [1.82, 2.24) is 0 Å². The molecule has 3 rings (SSSR count). The average molecular weight is 302 g/mol. The van der Waals surface area contributed by atoms with Gasteiger partial charge in [-0.05, 0) is 56.0 Å². The highest BCUT2D eigenvalue weighted by Gasteiger charge is 2.21. The van der Waals surface area contributed by atoms with Crippen LogP contribution in [0, 0.1) is 0 Å². The fourth-order valence-electron chi connectivity index (χ4n) is 2.85. The number of hydrogen-bond donors (Lipinski definition) is 1. The summed E-state index contributed by atoms with van der Waals surface area (Å²) in [6.07, 6.45) is 2.39. The molecule has 0 aliphatic heterocycles. The van der Waals surface area contributed by atoms with Gasteiger partial charge in [0.05, 0.1) is 17.2 Å². The lowest BCUT2D eigenvalue weighted by molar-refractivity contribution is 0.242. The first-order valence-corrected chi connectivity index (χ1v) is 7.82. The van der Waals surface area contributed by atoms with E-state index < -0.39 is 0 Å². The van der Waals surface area contributed by atoms with Crippen molar-refractivity contribution in [2.45, 2.75) is 38.8 Å². The molecular weight excluding hydrogens is 282 g/mol. The number of fused-ring (bicyclic) bond motifs is 1. The van der Waals surface area contributed by atoms with Crippen molar-refractivity contribution in [1.29, 1.82) is 0 Å². The highest BCUT2D eigenvalue weighted by molar-refractivity contribution is 6.32. The second-order valence-corrected chi connectivity index (χ2v) is 6.15. The Hall–Kier alpha value is -1.67. The Balaban J connectivity index is 1.76. The smallest absolute Gasteiger partial charge is 0.138 e. The van der Waals surface area contributed by atoms with Crippen LogP contribution in [0.25, 0.3) is 0 Å². The summed E-state index contributed by atoms with van der Waals surface area (Å²) in [7, 11) is 0. The van der Waals surface area contributed by atoms with Crippen LogP contribution in [0.2, 0.25) is 5.02 Å². The Labute approximate surface area is 131 Å². The largest absolute Gasteiger partial charge is 0.489 e. The van der Waals surface area contributed by atoms with E-state index in [9.17, 15) is 0 Å². The molecule has 1 aliphatic carbocycles. The molecular formula is C18H20ClNO. The van der Waals surface area contributed by atoms with Crippen LogP contribution in [0.4, 0.5) is 5.69 Å². The SMILES string of the molecule is CC(C)Oc1ccc(NC2CCc3ccccc32)cc1Cl. The molecule has 0 spiro atoms. The van der Waals surface area contributed by atoms with Crippen LogP contribution in [-0.4, -0.2) is 6.10 Å². The minimum Gasteiger partial charge on any atom is -0.489 e. The van der Waals surface area contributed by atoms with E-state index in [2.05, 4.69) is 29.6 Å². The molecule has 1 atom stereocenters. The number of anilines is 1. The summed E-state index contributed by atoms with van der Waals surface area (Å²) in [5.74, 6) is 0.740. The molecule has 0 amide bonds. The highest BCUT2D eigenvalue weighted by atomic mass is 35.5. The zero-order chi connectivity index (χ0) is 14.8. The molecule has 0 fully saturated rings. The van der Waals surface area contributed by atoms with Gasteiger partial charge in [-0.25, -0.2) is 0 Å². The fourth-order valence-corrected chi connectivity index (χ4v) is 3.07. The predicted octanol–water partition coefficient (Wildman–Crippen LogP) is 5.23. The van der Waals surface area contributed by atoms with Gasteiger partial charge in [-0.15, -0.1) is 0 Å². The number of rotatable bonds is 4. The van der Waals surface area contributed by atoms with E-state index in [4.69, 9.17) is 16.3 Å². The Morgan fingerprint density at radius 1 is 1.19 bits per heavy atom. The number of hydrogen-bond acceptors (Lipinski definition) is 2. The molecule has 21 heavy (non-hydrogen) atoms. The van der Waals surface area contributed by atoms with E-state index in [1.165, 1.54) is 11.1 Å². The molecule has 0 bridgehead atoms. The molecule has 2 aromatic carbocycles. The third-order valence-corrected chi connectivity index (χ3v) is 4.06. The van der Waals surface area contributed by atoms with Gasteiger partial charge in [0.1, 0.15) is 5.75 Å². The van der Waals surface area contributed by atoms with E-state index in [0.29, 0.717) is 11.1 Å². The van der Waals surface area contributed by atoms with Crippen LogP contribution in [0.15, 0.2) is 42.5 Å². The first kappa shape index (κ1) is 14.3. The lowest BCUT2D eigenvalue weighted by Crippen LogP contribution is -2.08. The molecule has 1 aliphatic rings. The van der Waals surface area contributed by atoms with E-state index in [1.54, 1.807) is 0 Å². The summed E-state index contributed by atoms with van der Waals surface area (Å²) in [6.45, 7) is 4.00. The quantitative estimate of drug-likeness (QED) is 0.835. The maximum Gasteiger partial charge on any atom is 0.138 e. The first-order valence-electron chi connectivity index (χ1n) is 7.44. The van der Waals surface area contributed by atoms with Gasteiger partial charge in [-0.1, -0.05) is 35.9 Å². The van der Waals surface area contributed by atoms with Crippen molar-refractivity contribution in [2.75, 3.05) is 5.32 Å². The molecule has 2 nitrogen and oxygen atoms in total. The Morgan fingerprint density at radius 3 is 2.76 bits per heavy atom. The van der Waals surface area contributed by atoms with Gasteiger partial charge in [-0.3, -0.25) is 0 Å². The summed E-state index contributed by atoms with van der Waals surface area (Å²) in [5.41, 5.74) is 3.88. The Bertz CT molecular complexity index is 639. The van der Waals surface area contributed by atoms with Crippen LogP contribution >= 0.6 is 11.6 Å². The number of halogens is 1. The van der Waals surface area contributed by atoms with Gasteiger partial charge in [0.15, 0.2) is 0 Å². The summed E-state index contributed by atoms with van der Waals surface area (Å²) in [5, 5.41) is 4.23. The average Bonchev–Trinajstić information content (AvgIpc) is 2.85. The summed E-state index contributed by atoms with van der Waals surface area (Å²) in [6, 6.07) is 14.9. The van der Waals surface area contributed by atoms with Crippen molar-refractivity contribution in [3.63, 3.8) is 0 Å². The molecule has 0 heterocycles. The lowest BCUT2D eigenvalue weighted by Gasteiger charge is -2.17. The maximum atomic E-state index is 6.29. The summed E-state index contributed by atoms with van der Waals surface area (Å²) in [4.78, 5) is 0. The second-order valence-electron chi connectivity index (χ2n) is 5.75. The highest BCUT2D eigenvalue weighted by Crippen LogP contribution is 2.35. The minimum atomic E-state index is 0.128. The number of benzene rings is 2. The van der Waals surface area contributed by atoms with Gasteiger partial charge in [0, 0.05) is 5.69 Å². The minimum absolute atomic E-state index is 0.128. The van der Waals surface area contributed by atoms with Gasteiger partial charge in [-0.2, -0.15) is 0 Å². The summed E-state index contributed by atoms with van der Waals surface area (Å²) >= 11 is 6.29. The van der Waals surface area contributed by atoms with Crippen molar-refractivity contribution < 1.29 is 4.74 Å². The van der Waals surface area contributed by atoms with Gasteiger partial charge < -0.3 is 10.1 Å². The van der Waals surface area contributed by atoms with Crippen molar-refractivity contribution in [3.8, 4) is 5.75 Å². The molecule has 110 valence electrons. The lowest BCUT2D eigenvalue weighted by atomic mass is 10.1. The molecule has 1 N–H and O–H groups in total. The van der Waals surface area contributed by atoms with Crippen molar-refractivity contribution in [2.24, 2.45) is 0 Å². The van der Waals surface area contributed by atoms with Gasteiger partial charge in [0.2, 0.25) is 0 Å². The molecule has 3 heteroatoms. The van der Waals surface area contributed by atoms with Crippen LogP contribution in [0.1, 0.15) is 37.4 Å². The van der Waals surface area contributed by atoms with Crippen molar-refractivity contribution >= 4 is 17.3 Å². The predicted molar refractivity (Wildman–Crippen MR) is 88.3 cm³/mol. The van der Waals surface area contributed by atoms with E-state index in [1.807, 2.05) is 32.0 Å². The fraction of sp³-hybridized carbons (Fsp3) is 0.333. The molecule has 0 aromatic heterocycles. The van der Waals surface area contributed by atoms with Crippen LogP contribution in [0.3, 0.4) is 0 Å². The first-order chi connectivity index (χ1) is 10.1. The topological polar surface area (TPSA) is 21.3 Å². The molecule has 0 radical (unpaired) electrons. The molecule has 1 unspecified atom stereocenters. The van der Waals surface area contributed by atoms with Gasteiger partial charge in [0.25, 0.3) is 0 Å². The van der Waals surface area contributed by atoms with Crippen LogP contribution in [0.5, 0.6) is 5.75 Å². The van der Waals surface area contributed by atoms with Gasteiger partial charge >= 0.3 is 0 Å². The Kier molecular flexibility index (Phi) is 4.07. The second kappa shape index (κ2) is 5.98. The third-order valence-electron chi connectivity index (χ3n) is 3.77. The monoisotopic (exact) mass is 301 g/mol. The third kappa shape index (κ3) is 3.16. The molecule has 2 aromatic rings. The Morgan fingerprint density at radius 2 is 2.00 bits per heavy atom. The normalized spacial score (nSPS) is 16.9. The van der Waals surface area contributed by atoms with Crippen molar-refractivity contribution in [3.05, 3.63) is 58.6 Å². The number of aryl methyl sites for hydroxylation is 1. The summed E-state index contributed by atoms with van der Waals surface area (Å²) < 4.78 is 5.67. The zero-order valence-electron chi connectivity index (χ0n) is 12.4. The standard InChI is InChI=1S/C18H20ClNO/c1-12(2)21-18-10-8-14(11-16(18)19)20-17-9-7-13-5-3-4-6-15(13)17/h3-6,8,10-12,17,20H,7,9H2,1-2H3. The molecule has 0 saturated heterocycles. The van der Waals surface area contributed by atoms with E-state index in [-0.39, 0.29) is 6.10 Å². The number of ether oxygens (including phenoxy) is 1. The van der Waals surface area contributed by atoms with E-state index >= 15 is 0 Å². The molecule has 0 saturated carbocycles. The van der Waals surface area contributed by atoms with Crippen LogP contribution in [-0.2, 0) is 6.42 Å². The van der Waals surface area contributed by atoms with Crippen LogP contribution < -0.4 is 10.1 Å². The zero-order valence-corrected chi connectivity index (χ0v) is 13.2. The number of nitrogens with one attached hydrogen (secondary N) is 1. The maximum absolute atomic E-state index is 6.29. The van der Waals surface area contributed by atoms with E-state index in [0.717, 1.165) is 24.3 Å².